The maximum atomic E-state index is 5.77. The first-order chi connectivity index (χ1) is 8.22. The molecule has 1 aliphatic rings. The quantitative estimate of drug-likeness (QED) is 0.818. The Morgan fingerprint density at radius 1 is 1.41 bits per heavy atom. The minimum absolute atomic E-state index is 0.559. The van der Waals surface area contributed by atoms with Crippen molar-refractivity contribution in [1.29, 1.82) is 0 Å². The van der Waals surface area contributed by atoms with Gasteiger partial charge < -0.3 is 10.3 Å². The van der Waals surface area contributed by atoms with E-state index in [4.69, 9.17) is 5.73 Å². The van der Waals surface area contributed by atoms with Crippen molar-refractivity contribution in [3.63, 3.8) is 0 Å². The van der Waals surface area contributed by atoms with Crippen molar-refractivity contribution in [3.8, 4) is 0 Å². The molecule has 0 bridgehead atoms. The molecular formula is C14H19N3. The number of fused-ring (bicyclic) bond motifs is 1. The molecule has 0 saturated heterocycles. The number of aromatic nitrogens is 2. The summed E-state index contributed by atoms with van der Waals surface area (Å²) in [6.07, 6.45) is 7.31. The number of nitrogen functional groups attached to an aromatic ring is 1. The van der Waals surface area contributed by atoms with Crippen LogP contribution in [0.25, 0.3) is 11.0 Å². The summed E-state index contributed by atoms with van der Waals surface area (Å²) in [4.78, 5) is 4.43. The number of imidazole rings is 1. The molecule has 2 aromatic rings. The van der Waals surface area contributed by atoms with Gasteiger partial charge >= 0.3 is 0 Å². The molecule has 1 fully saturated rings. The summed E-state index contributed by atoms with van der Waals surface area (Å²) in [5.74, 6) is 0. The van der Waals surface area contributed by atoms with E-state index in [9.17, 15) is 0 Å². The number of nitrogens with zero attached hydrogens (tertiary/aromatic N) is 2. The van der Waals surface area contributed by atoms with Crippen LogP contribution in [0.5, 0.6) is 0 Å². The fourth-order valence-corrected chi connectivity index (χ4v) is 2.76. The zero-order valence-corrected chi connectivity index (χ0v) is 10.3. The number of benzene rings is 1. The molecule has 1 saturated carbocycles. The summed E-state index contributed by atoms with van der Waals surface area (Å²) < 4.78 is 2.29. The third-order valence-electron chi connectivity index (χ3n) is 3.89. The van der Waals surface area contributed by atoms with Gasteiger partial charge in [0.25, 0.3) is 0 Å². The van der Waals surface area contributed by atoms with Crippen molar-refractivity contribution in [2.45, 2.75) is 39.2 Å². The average Bonchev–Trinajstić information content (AvgIpc) is 2.94. The molecule has 1 heterocycles. The number of anilines is 1. The SMILES string of the molecule is CCCC1(Cn2cnc3cc(N)ccc32)CC1. The summed E-state index contributed by atoms with van der Waals surface area (Å²) >= 11 is 0. The van der Waals surface area contributed by atoms with Crippen LogP contribution >= 0.6 is 0 Å². The van der Waals surface area contributed by atoms with Crippen molar-refractivity contribution >= 4 is 16.7 Å². The lowest BCUT2D eigenvalue weighted by molar-refractivity contribution is 0.393. The minimum Gasteiger partial charge on any atom is -0.399 e. The van der Waals surface area contributed by atoms with Crippen LogP contribution in [0.3, 0.4) is 0 Å². The molecule has 3 nitrogen and oxygen atoms in total. The zero-order chi connectivity index (χ0) is 11.9. The topological polar surface area (TPSA) is 43.8 Å². The van der Waals surface area contributed by atoms with Crippen LogP contribution in [0, 0.1) is 5.41 Å². The molecule has 0 aliphatic heterocycles. The Kier molecular flexibility index (Phi) is 2.35. The first-order valence-electron chi connectivity index (χ1n) is 6.43. The largest absolute Gasteiger partial charge is 0.399 e. The van der Waals surface area contributed by atoms with E-state index in [-0.39, 0.29) is 0 Å². The molecule has 1 aliphatic carbocycles. The summed E-state index contributed by atoms with van der Waals surface area (Å²) in [6, 6.07) is 5.99. The van der Waals surface area contributed by atoms with Gasteiger partial charge in [0.05, 0.1) is 17.4 Å². The molecule has 17 heavy (non-hydrogen) atoms. The van der Waals surface area contributed by atoms with E-state index in [1.54, 1.807) is 0 Å². The highest BCUT2D eigenvalue weighted by Gasteiger charge is 2.41. The monoisotopic (exact) mass is 229 g/mol. The van der Waals surface area contributed by atoms with Crippen LogP contribution in [0.15, 0.2) is 24.5 Å². The molecule has 2 N–H and O–H groups in total. The molecule has 90 valence electrons. The second-order valence-electron chi connectivity index (χ2n) is 5.37. The maximum absolute atomic E-state index is 5.77. The molecule has 0 atom stereocenters. The fraction of sp³-hybridized carbons (Fsp3) is 0.500. The Hall–Kier alpha value is -1.51. The lowest BCUT2D eigenvalue weighted by Crippen LogP contribution is -2.10. The number of hydrogen-bond donors (Lipinski definition) is 1. The van der Waals surface area contributed by atoms with E-state index in [2.05, 4.69) is 22.5 Å². The predicted molar refractivity (Wildman–Crippen MR) is 70.7 cm³/mol. The van der Waals surface area contributed by atoms with Crippen LogP contribution < -0.4 is 5.73 Å². The Morgan fingerprint density at radius 3 is 2.94 bits per heavy atom. The Morgan fingerprint density at radius 2 is 2.24 bits per heavy atom. The van der Waals surface area contributed by atoms with Gasteiger partial charge in [-0.15, -0.1) is 0 Å². The van der Waals surface area contributed by atoms with Gasteiger partial charge in [0.1, 0.15) is 0 Å². The average molecular weight is 229 g/mol. The van der Waals surface area contributed by atoms with Crippen LogP contribution in [-0.2, 0) is 6.54 Å². The van der Waals surface area contributed by atoms with Crippen LogP contribution in [0.4, 0.5) is 5.69 Å². The normalized spacial score (nSPS) is 17.5. The summed E-state index contributed by atoms with van der Waals surface area (Å²) in [5, 5.41) is 0. The lowest BCUT2D eigenvalue weighted by atomic mass is 10.0. The van der Waals surface area contributed by atoms with Crippen LogP contribution in [0.1, 0.15) is 32.6 Å². The maximum Gasteiger partial charge on any atom is 0.0958 e. The number of nitrogens with two attached hydrogens (primary N) is 1. The van der Waals surface area contributed by atoms with Gasteiger partial charge in [0.2, 0.25) is 0 Å². The second-order valence-corrected chi connectivity index (χ2v) is 5.37. The molecule has 1 aromatic heterocycles. The van der Waals surface area contributed by atoms with Gasteiger partial charge in [-0.1, -0.05) is 13.3 Å². The van der Waals surface area contributed by atoms with Crippen molar-refractivity contribution < 1.29 is 0 Å². The van der Waals surface area contributed by atoms with Gasteiger partial charge in [-0.25, -0.2) is 4.98 Å². The van der Waals surface area contributed by atoms with E-state index >= 15 is 0 Å². The Labute approximate surface area is 102 Å². The second kappa shape index (κ2) is 3.76. The molecule has 3 rings (SSSR count). The van der Waals surface area contributed by atoms with Gasteiger partial charge in [-0.2, -0.15) is 0 Å². The summed E-state index contributed by atoms with van der Waals surface area (Å²) in [7, 11) is 0. The molecule has 0 amide bonds. The number of hydrogen-bond acceptors (Lipinski definition) is 2. The standard InChI is InChI=1S/C14H19N3/c1-2-5-14(6-7-14)9-17-10-16-12-8-11(15)3-4-13(12)17/h3-4,8,10H,2,5-7,9,15H2,1H3. The van der Waals surface area contributed by atoms with Gasteiger partial charge in [0.15, 0.2) is 0 Å². The van der Waals surface area contributed by atoms with Crippen molar-refractivity contribution in [1.82, 2.24) is 9.55 Å². The zero-order valence-electron chi connectivity index (χ0n) is 10.3. The van der Waals surface area contributed by atoms with E-state index in [1.165, 1.54) is 31.2 Å². The highest BCUT2D eigenvalue weighted by Crippen LogP contribution is 2.51. The van der Waals surface area contributed by atoms with Crippen LogP contribution in [-0.4, -0.2) is 9.55 Å². The molecule has 1 aromatic carbocycles. The van der Waals surface area contributed by atoms with E-state index in [0.29, 0.717) is 5.41 Å². The van der Waals surface area contributed by atoms with E-state index < -0.39 is 0 Å². The molecule has 0 spiro atoms. The fourth-order valence-electron chi connectivity index (χ4n) is 2.76. The smallest absolute Gasteiger partial charge is 0.0958 e. The summed E-state index contributed by atoms with van der Waals surface area (Å²) in [6.45, 7) is 3.38. The van der Waals surface area contributed by atoms with Gasteiger partial charge in [-0.05, 0) is 42.9 Å². The number of rotatable bonds is 4. The first kappa shape index (κ1) is 10.6. The molecule has 0 radical (unpaired) electrons. The third kappa shape index (κ3) is 1.90. The van der Waals surface area contributed by atoms with Gasteiger partial charge in [0, 0.05) is 12.2 Å². The lowest BCUT2D eigenvalue weighted by Gasteiger charge is -2.15. The predicted octanol–water partition coefficient (Wildman–Crippen LogP) is 3.20. The van der Waals surface area contributed by atoms with Crippen molar-refractivity contribution in [2.24, 2.45) is 5.41 Å². The van der Waals surface area contributed by atoms with E-state index in [1.807, 2.05) is 18.5 Å². The molecule has 3 heteroatoms. The third-order valence-corrected chi connectivity index (χ3v) is 3.89. The highest BCUT2D eigenvalue weighted by molar-refractivity contribution is 5.78. The molecule has 0 unspecified atom stereocenters. The Bertz CT molecular complexity index is 537. The highest BCUT2D eigenvalue weighted by atomic mass is 15.1. The minimum atomic E-state index is 0.559. The van der Waals surface area contributed by atoms with Crippen LogP contribution in [0.2, 0.25) is 0 Å². The van der Waals surface area contributed by atoms with Gasteiger partial charge in [-0.3, -0.25) is 0 Å². The van der Waals surface area contributed by atoms with E-state index in [0.717, 1.165) is 17.7 Å². The first-order valence-corrected chi connectivity index (χ1v) is 6.43. The molecular weight excluding hydrogens is 210 g/mol. The van der Waals surface area contributed by atoms with Crippen molar-refractivity contribution in [3.05, 3.63) is 24.5 Å². The van der Waals surface area contributed by atoms with Crippen molar-refractivity contribution in [2.75, 3.05) is 5.73 Å². The summed E-state index contributed by atoms with van der Waals surface area (Å²) in [5.41, 5.74) is 9.34. The Balaban J connectivity index is 1.91.